The number of phenols is 11. The summed E-state index contributed by atoms with van der Waals surface area (Å²) in [6, 6.07) is 5.56. The second-order valence-electron chi connectivity index (χ2n) is 11.7. The highest BCUT2D eigenvalue weighted by Crippen LogP contribution is 2.41. The summed E-state index contributed by atoms with van der Waals surface area (Å²) in [6.07, 6.45) is -7.69. The lowest BCUT2D eigenvalue weighted by atomic mass is 9.89. The van der Waals surface area contributed by atoms with E-state index in [0.29, 0.717) is 48.5 Å². The van der Waals surface area contributed by atoms with E-state index in [4.69, 9.17) is 18.9 Å². The van der Waals surface area contributed by atoms with Crippen LogP contribution in [0.1, 0.15) is 54.3 Å². The molecule has 0 aliphatic heterocycles. The third-order valence-corrected chi connectivity index (χ3v) is 7.91. The fourth-order valence-corrected chi connectivity index (χ4v) is 5.24. The smallest absolute Gasteiger partial charge is 0.343 e. The van der Waals surface area contributed by atoms with Gasteiger partial charge in [-0.25, -0.2) is 19.2 Å². The van der Waals surface area contributed by atoms with Gasteiger partial charge in [-0.15, -0.1) is 0 Å². The van der Waals surface area contributed by atoms with Crippen molar-refractivity contribution in [1.29, 1.82) is 0 Å². The maximum absolute atomic E-state index is 13.6. The number of carbonyl (C=O) groups is 4. The van der Waals surface area contributed by atoms with E-state index >= 15 is 0 Å². The van der Waals surface area contributed by atoms with Crippen LogP contribution in [0.3, 0.4) is 0 Å². The molecular formula is C34H28O20. The van der Waals surface area contributed by atoms with Crippen molar-refractivity contribution in [3.05, 3.63) is 70.8 Å². The molecule has 2 unspecified atom stereocenters. The van der Waals surface area contributed by atoms with Crippen LogP contribution in [0.25, 0.3) is 0 Å². The number of rotatable bonds is 8. The molecule has 0 spiro atoms. The second-order valence-corrected chi connectivity index (χ2v) is 11.7. The largest absolute Gasteiger partial charge is 0.504 e. The number of hydrogen-bond acceptors (Lipinski definition) is 20. The summed E-state index contributed by atoms with van der Waals surface area (Å²) in [7, 11) is 0. The number of phenolic OH excluding ortho intramolecular Hbond substituents is 11. The first-order valence-electron chi connectivity index (χ1n) is 15.2. The highest BCUT2D eigenvalue weighted by molar-refractivity contribution is 5.95. The van der Waals surface area contributed by atoms with Crippen LogP contribution >= 0.6 is 0 Å². The summed E-state index contributed by atoms with van der Waals surface area (Å²) in [5.41, 5.74) is -2.30. The molecule has 12 N–H and O–H groups in total. The van der Waals surface area contributed by atoms with Crippen LogP contribution in [0, 0.1) is 0 Å². The SMILES string of the molecule is O=C(Oc1cc(C(=O)OC2C(OC(=O)c3cc(O)c(O)c(O)c3)CC(O)CC2OC(=O)c2cc(O)c(O)c(O)c2)cc(O)c1O)c1cc(O)c(O)c(O)c1. The van der Waals surface area contributed by atoms with Crippen molar-refractivity contribution in [3.8, 4) is 69.0 Å². The van der Waals surface area contributed by atoms with Crippen LogP contribution in [-0.4, -0.2) is 110 Å². The van der Waals surface area contributed by atoms with E-state index in [0.717, 1.165) is 0 Å². The van der Waals surface area contributed by atoms with Crippen LogP contribution in [0.2, 0.25) is 0 Å². The summed E-state index contributed by atoms with van der Waals surface area (Å²) in [6.45, 7) is 0. The van der Waals surface area contributed by atoms with Crippen molar-refractivity contribution >= 4 is 23.9 Å². The molecule has 4 aromatic rings. The Kier molecular flexibility index (Phi) is 10.2. The summed E-state index contributed by atoms with van der Waals surface area (Å²) in [4.78, 5) is 52.5. The van der Waals surface area contributed by atoms with E-state index in [1.807, 2.05) is 0 Å². The van der Waals surface area contributed by atoms with E-state index in [1.54, 1.807) is 0 Å². The zero-order valence-electron chi connectivity index (χ0n) is 27.0. The van der Waals surface area contributed by atoms with E-state index in [9.17, 15) is 80.5 Å². The predicted molar refractivity (Wildman–Crippen MR) is 172 cm³/mol. The first kappa shape index (κ1) is 37.8. The van der Waals surface area contributed by atoms with Gasteiger partial charge in [-0.2, -0.15) is 0 Å². The van der Waals surface area contributed by atoms with Gasteiger partial charge in [0.1, 0.15) is 12.2 Å². The maximum atomic E-state index is 13.6. The summed E-state index contributed by atoms with van der Waals surface area (Å²) < 4.78 is 21.4. The molecule has 1 aliphatic carbocycles. The minimum absolute atomic E-state index is 0.495. The third kappa shape index (κ3) is 7.72. The number of benzene rings is 4. The Balaban J connectivity index is 1.47. The molecule has 1 aliphatic rings. The van der Waals surface area contributed by atoms with Crippen molar-refractivity contribution in [1.82, 2.24) is 0 Å². The number of hydrogen-bond donors (Lipinski definition) is 12. The molecule has 1 fully saturated rings. The summed E-state index contributed by atoms with van der Waals surface area (Å²) in [5.74, 6) is -16.9. The molecule has 0 bridgehead atoms. The Morgan fingerprint density at radius 3 is 1.09 bits per heavy atom. The monoisotopic (exact) mass is 756 g/mol. The van der Waals surface area contributed by atoms with E-state index in [1.165, 1.54) is 0 Å². The molecule has 284 valence electrons. The Morgan fingerprint density at radius 2 is 0.722 bits per heavy atom. The number of carbonyl (C=O) groups excluding carboxylic acids is 4. The maximum Gasteiger partial charge on any atom is 0.343 e. The van der Waals surface area contributed by atoms with Gasteiger partial charge < -0.3 is 80.2 Å². The van der Waals surface area contributed by atoms with Gasteiger partial charge in [0.15, 0.2) is 69.3 Å². The molecule has 20 heteroatoms. The molecule has 1 saturated carbocycles. The van der Waals surface area contributed by atoms with E-state index in [2.05, 4.69) is 0 Å². The number of esters is 4. The fourth-order valence-electron chi connectivity index (χ4n) is 5.24. The number of aliphatic hydroxyl groups excluding tert-OH is 1. The van der Waals surface area contributed by atoms with Gasteiger partial charge in [-0.1, -0.05) is 0 Å². The van der Waals surface area contributed by atoms with Crippen molar-refractivity contribution in [2.45, 2.75) is 37.3 Å². The van der Waals surface area contributed by atoms with Gasteiger partial charge >= 0.3 is 23.9 Å². The van der Waals surface area contributed by atoms with E-state index < -0.39 is 152 Å². The van der Waals surface area contributed by atoms with Crippen LogP contribution in [-0.2, 0) is 14.2 Å². The third-order valence-electron chi connectivity index (χ3n) is 7.91. The summed E-state index contributed by atoms with van der Waals surface area (Å²) >= 11 is 0. The van der Waals surface area contributed by atoms with Crippen molar-refractivity contribution in [2.24, 2.45) is 0 Å². The zero-order chi connectivity index (χ0) is 39.8. The van der Waals surface area contributed by atoms with E-state index in [-0.39, 0.29) is 0 Å². The minimum Gasteiger partial charge on any atom is -0.504 e. The summed E-state index contributed by atoms with van der Waals surface area (Å²) in [5, 5.41) is 119. The first-order chi connectivity index (χ1) is 25.3. The molecule has 4 aromatic carbocycles. The lowest BCUT2D eigenvalue weighted by Crippen LogP contribution is -2.52. The highest BCUT2D eigenvalue weighted by Gasteiger charge is 2.45. The van der Waals surface area contributed by atoms with Crippen LogP contribution in [0.4, 0.5) is 0 Å². The second kappa shape index (κ2) is 14.6. The van der Waals surface area contributed by atoms with Crippen molar-refractivity contribution in [3.63, 3.8) is 0 Å². The average Bonchev–Trinajstić information content (AvgIpc) is 3.10. The molecule has 20 nitrogen and oxygen atoms in total. The number of ether oxygens (including phenoxy) is 4. The minimum atomic E-state index is -1.85. The van der Waals surface area contributed by atoms with Crippen LogP contribution in [0.15, 0.2) is 48.5 Å². The molecular weight excluding hydrogens is 728 g/mol. The van der Waals surface area contributed by atoms with Crippen LogP contribution in [0.5, 0.6) is 69.0 Å². The quantitative estimate of drug-likeness (QED) is 0.0527. The predicted octanol–water partition coefficient (Wildman–Crippen LogP) is 1.80. The van der Waals surface area contributed by atoms with Gasteiger partial charge in [0, 0.05) is 12.8 Å². The Labute approximate surface area is 300 Å². The molecule has 0 amide bonds. The highest BCUT2D eigenvalue weighted by atomic mass is 16.6. The van der Waals surface area contributed by atoms with Crippen molar-refractivity contribution < 1.29 is 99.4 Å². The van der Waals surface area contributed by atoms with Gasteiger partial charge in [0.25, 0.3) is 0 Å². The lowest BCUT2D eigenvalue weighted by molar-refractivity contribution is -0.130. The van der Waals surface area contributed by atoms with Crippen LogP contribution < -0.4 is 4.74 Å². The first-order valence-corrected chi connectivity index (χ1v) is 15.2. The normalized spacial score (nSPS) is 17.9. The molecule has 0 radical (unpaired) electrons. The topological polar surface area (TPSA) is 348 Å². The molecule has 0 saturated heterocycles. The Morgan fingerprint density at radius 1 is 0.426 bits per heavy atom. The average molecular weight is 757 g/mol. The molecule has 0 aromatic heterocycles. The zero-order valence-corrected chi connectivity index (χ0v) is 27.0. The van der Waals surface area contributed by atoms with Gasteiger partial charge in [0.05, 0.1) is 28.4 Å². The van der Waals surface area contributed by atoms with Crippen molar-refractivity contribution in [2.75, 3.05) is 0 Å². The number of aromatic hydroxyl groups is 11. The molecule has 54 heavy (non-hydrogen) atoms. The molecule has 2 atom stereocenters. The molecule has 5 rings (SSSR count). The van der Waals surface area contributed by atoms with Gasteiger partial charge in [0.2, 0.25) is 5.75 Å². The Hall–Kier alpha value is -7.48. The van der Waals surface area contributed by atoms with Gasteiger partial charge in [-0.05, 0) is 48.5 Å². The fraction of sp³-hybridized carbons (Fsp3) is 0.176. The lowest BCUT2D eigenvalue weighted by Gasteiger charge is -2.38. The van der Waals surface area contributed by atoms with Gasteiger partial charge in [-0.3, -0.25) is 0 Å². The molecule has 0 heterocycles. The standard InChI is InChI=1S/C34H28O20/c35-15-9-24(52-32(48)12-3-18(38)27(44)19(39)4-12)30(25(10-15)53-33(49)13-5-20(40)28(45)21(41)6-13)54-34(50)14-7-22(42)29(46)23(8-14)51-31(47)11-1-16(36)26(43)17(37)2-11/h1-8,15,24-25,30,35-46H,9-10H2. The number of aliphatic hydroxyl groups is 1. The Bertz CT molecular complexity index is 2030.